The highest BCUT2D eigenvalue weighted by molar-refractivity contribution is 5.76. The molecule has 0 atom stereocenters. The number of esters is 1. The third-order valence-corrected chi connectivity index (χ3v) is 4.99. The molecule has 4 rings (SSSR count). The van der Waals surface area contributed by atoms with Gasteiger partial charge in [0, 0.05) is 18.7 Å². The zero-order valence-corrected chi connectivity index (χ0v) is 16.9. The largest absolute Gasteiger partial charge is 0.456 e. The van der Waals surface area contributed by atoms with Gasteiger partial charge in [0.25, 0.3) is 5.89 Å². The number of rotatable bonds is 7. The van der Waals surface area contributed by atoms with Crippen LogP contribution in [-0.2, 0) is 29.2 Å². The highest BCUT2D eigenvalue weighted by atomic mass is 16.6. The van der Waals surface area contributed by atoms with Crippen molar-refractivity contribution in [3.8, 4) is 11.4 Å². The molecule has 0 saturated carbocycles. The molecule has 0 unspecified atom stereocenters. The molecule has 0 amide bonds. The van der Waals surface area contributed by atoms with Crippen molar-refractivity contribution in [1.82, 2.24) is 19.3 Å². The SMILES string of the molecule is CCn1c(=O)n(CCC(=O)OCc2nc(-c3ccccc3C)no2)c2ccccc21. The third-order valence-electron chi connectivity index (χ3n) is 4.99. The molecule has 0 spiro atoms. The van der Waals surface area contributed by atoms with E-state index >= 15 is 0 Å². The van der Waals surface area contributed by atoms with Crippen LogP contribution in [0.25, 0.3) is 22.4 Å². The van der Waals surface area contributed by atoms with E-state index in [0.717, 1.165) is 22.2 Å². The lowest BCUT2D eigenvalue weighted by Gasteiger charge is -2.04. The first-order valence-electron chi connectivity index (χ1n) is 9.80. The lowest BCUT2D eigenvalue weighted by Crippen LogP contribution is -2.25. The maximum Gasteiger partial charge on any atom is 0.329 e. The van der Waals surface area contributed by atoms with E-state index in [0.29, 0.717) is 12.4 Å². The molecule has 0 aliphatic heterocycles. The second kappa shape index (κ2) is 8.36. The molecule has 2 heterocycles. The van der Waals surface area contributed by atoms with Crippen molar-refractivity contribution in [2.75, 3.05) is 0 Å². The van der Waals surface area contributed by atoms with E-state index in [2.05, 4.69) is 10.1 Å². The van der Waals surface area contributed by atoms with Gasteiger partial charge < -0.3 is 9.26 Å². The number of carbonyl (C=O) groups is 1. The van der Waals surface area contributed by atoms with E-state index in [4.69, 9.17) is 9.26 Å². The van der Waals surface area contributed by atoms with Gasteiger partial charge in [-0.2, -0.15) is 4.98 Å². The van der Waals surface area contributed by atoms with Gasteiger partial charge >= 0.3 is 11.7 Å². The number of nitrogens with zero attached hydrogens (tertiary/aromatic N) is 4. The van der Waals surface area contributed by atoms with E-state index < -0.39 is 5.97 Å². The monoisotopic (exact) mass is 406 g/mol. The highest BCUT2D eigenvalue weighted by Crippen LogP contribution is 2.20. The highest BCUT2D eigenvalue weighted by Gasteiger charge is 2.15. The van der Waals surface area contributed by atoms with Crippen molar-refractivity contribution in [2.45, 2.75) is 40.0 Å². The van der Waals surface area contributed by atoms with Crippen LogP contribution in [-0.4, -0.2) is 25.2 Å². The van der Waals surface area contributed by atoms with Crippen LogP contribution < -0.4 is 5.69 Å². The summed E-state index contributed by atoms with van der Waals surface area (Å²) < 4.78 is 13.7. The number of carbonyl (C=O) groups excluding carboxylic acids is 1. The molecule has 4 aromatic rings. The van der Waals surface area contributed by atoms with Gasteiger partial charge in [-0.1, -0.05) is 41.6 Å². The summed E-state index contributed by atoms with van der Waals surface area (Å²) >= 11 is 0. The van der Waals surface area contributed by atoms with Gasteiger partial charge in [-0.25, -0.2) is 4.79 Å². The Morgan fingerprint density at radius 2 is 1.77 bits per heavy atom. The first kappa shape index (κ1) is 19.6. The van der Waals surface area contributed by atoms with Crippen molar-refractivity contribution >= 4 is 17.0 Å². The fourth-order valence-corrected chi connectivity index (χ4v) is 3.46. The molecule has 8 heteroatoms. The Hall–Kier alpha value is -3.68. The number of benzene rings is 2. The van der Waals surface area contributed by atoms with Gasteiger partial charge in [0.2, 0.25) is 5.82 Å². The predicted molar refractivity (Wildman–Crippen MR) is 111 cm³/mol. The smallest absolute Gasteiger partial charge is 0.329 e. The lowest BCUT2D eigenvalue weighted by molar-refractivity contribution is -0.146. The normalized spacial score (nSPS) is 11.1. The Morgan fingerprint density at radius 1 is 1.07 bits per heavy atom. The quantitative estimate of drug-likeness (QED) is 0.437. The van der Waals surface area contributed by atoms with Gasteiger partial charge in [0.05, 0.1) is 17.5 Å². The molecular weight excluding hydrogens is 384 g/mol. The molecule has 0 aliphatic carbocycles. The molecule has 8 nitrogen and oxygen atoms in total. The van der Waals surface area contributed by atoms with Crippen molar-refractivity contribution < 1.29 is 14.1 Å². The van der Waals surface area contributed by atoms with Gasteiger partial charge in [-0.15, -0.1) is 0 Å². The Balaban J connectivity index is 1.39. The zero-order valence-electron chi connectivity index (χ0n) is 16.9. The minimum Gasteiger partial charge on any atom is -0.456 e. The standard InChI is InChI=1S/C22H22N4O4/c1-3-25-17-10-6-7-11-18(17)26(22(25)28)13-12-20(27)29-14-19-23-21(24-30-19)16-9-5-4-8-15(16)2/h4-11H,3,12-14H2,1-2H3. The van der Waals surface area contributed by atoms with Gasteiger partial charge in [-0.3, -0.25) is 13.9 Å². The van der Waals surface area contributed by atoms with Crippen LogP contribution in [0.2, 0.25) is 0 Å². The summed E-state index contributed by atoms with van der Waals surface area (Å²) in [5.74, 6) is 0.241. The van der Waals surface area contributed by atoms with Crippen LogP contribution in [0.5, 0.6) is 0 Å². The first-order valence-corrected chi connectivity index (χ1v) is 9.80. The van der Waals surface area contributed by atoms with Crippen LogP contribution >= 0.6 is 0 Å². The number of hydrogen-bond acceptors (Lipinski definition) is 6. The van der Waals surface area contributed by atoms with Crippen LogP contribution in [0.15, 0.2) is 57.8 Å². The van der Waals surface area contributed by atoms with E-state index in [-0.39, 0.29) is 31.2 Å². The topological polar surface area (TPSA) is 92.2 Å². The van der Waals surface area contributed by atoms with Gasteiger partial charge in [0.15, 0.2) is 6.61 Å². The summed E-state index contributed by atoms with van der Waals surface area (Å²) in [6.45, 7) is 4.58. The van der Waals surface area contributed by atoms with Gasteiger partial charge in [0.1, 0.15) is 0 Å². The van der Waals surface area contributed by atoms with E-state index in [9.17, 15) is 9.59 Å². The summed E-state index contributed by atoms with van der Waals surface area (Å²) in [5.41, 5.74) is 3.42. The Labute approximate surface area is 172 Å². The summed E-state index contributed by atoms with van der Waals surface area (Å²) in [5, 5.41) is 3.95. The number of para-hydroxylation sites is 2. The van der Waals surface area contributed by atoms with Crippen LogP contribution in [0.3, 0.4) is 0 Å². The second-order valence-corrected chi connectivity index (χ2v) is 6.90. The number of hydrogen-bond donors (Lipinski definition) is 0. The van der Waals surface area contributed by atoms with Crippen LogP contribution in [0.1, 0.15) is 24.8 Å². The van der Waals surface area contributed by atoms with E-state index in [1.165, 1.54) is 0 Å². The summed E-state index contributed by atoms with van der Waals surface area (Å²) in [7, 11) is 0. The Bertz CT molecular complexity index is 1250. The minimum atomic E-state index is -0.439. The number of aromatic nitrogens is 4. The number of imidazole rings is 1. The molecule has 0 saturated heterocycles. The summed E-state index contributed by atoms with van der Waals surface area (Å²) in [6, 6.07) is 15.2. The van der Waals surface area contributed by atoms with Gasteiger partial charge in [-0.05, 0) is 31.5 Å². The fraction of sp³-hybridized carbons (Fsp3) is 0.273. The summed E-state index contributed by atoms with van der Waals surface area (Å²) in [4.78, 5) is 29.1. The lowest BCUT2D eigenvalue weighted by atomic mass is 10.1. The van der Waals surface area contributed by atoms with E-state index in [1.54, 1.807) is 9.13 Å². The maximum atomic E-state index is 12.6. The molecule has 30 heavy (non-hydrogen) atoms. The van der Waals surface area contributed by atoms with E-state index in [1.807, 2.05) is 62.4 Å². The van der Waals surface area contributed by atoms with Crippen molar-refractivity contribution in [2.24, 2.45) is 0 Å². The molecule has 0 bridgehead atoms. The Morgan fingerprint density at radius 3 is 2.50 bits per heavy atom. The second-order valence-electron chi connectivity index (χ2n) is 6.90. The number of aryl methyl sites for hydroxylation is 3. The van der Waals surface area contributed by atoms with Crippen molar-refractivity contribution in [3.63, 3.8) is 0 Å². The van der Waals surface area contributed by atoms with Crippen molar-refractivity contribution in [1.29, 1.82) is 0 Å². The molecule has 0 fully saturated rings. The third kappa shape index (κ3) is 3.76. The molecular formula is C22H22N4O4. The molecule has 154 valence electrons. The maximum absolute atomic E-state index is 12.6. The average molecular weight is 406 g/mol. The molecule has 0 N–H and O–H groups in total. The van der Waals surface area contributed by atoms with Crippen LogP contribution in [0, 0.1) is 6.92 Å². The number of fused-ring (bicyclic) bond motifs is 1. The molecule has 2 aromatic carbocycles. The van der Waals surface area contributed by atoms with Crippen molar-refractivity contribution in [3.05, 3.63) is 70.5 Å². The summed E-state index contributed by atoms with van der Waals surface area (Å²) in [6.07, 6.45) is 0.0659. The molecule has 0 radical (unpaired) electrons. The number of ether oxygens (including phenoxy) is 1. The first-order chi connectivity index (χ1) is 14.6. The zero-order chi connectivity index (χ0) is 21.1. The average Bonchev–Trinajstić information content (AvgIpc) is 3.33. The van der Waals surface area contributed by atoms with Crippen LogP contribution in [0.4, 0.5) is 0 Å². The minimum absolute atomic E-state index is 0.0659. The molecule has 2 aromatic heterocycles. The fourth-order valence-electron chi connectivity index (χ4n) is 3.46. The predicted octanol–water partition coefficient (Wildman–Crippen LogP) is 3.31. The molecule has 0 aliphatic rings. The Kier molecular flexibility index (Phi) is 5.47.